The summed E-state index contributed by atoms with van der Waals surface area (Å²) >= 11 is 8.90. The van der Waals surface area contributed by atoms with E-state index in [4.69, 9.17) is 21.1 Å². The van der Waals surface area contributed by atoms with Crippen LogP contribution in [0.1, 0.15) is 5.69 Å². The van der Waals surface area contributed by atoms with Gasteiger partial charge in [-0.1, -0.05) is 11.6 Å². The Kier molecular flexibility index (Phi) is 5.82. The first-order valence-electron chi connectivity index (χ1n) is 6.44. The Morgan fingerprint density at radius 3 is 2.59 bits per heavy atom. The van der Waals surface area contributed by atoms with Gasteiger partial charge in [-0.2, -0.15) is 0 Å². The van der Waals surface area contributed by atoms with Gasteiger partial charge in [0.15, 0.2) is 0 Å². The number of aromatic nitrogens is 2. The molecule has 118 valence electrons. The maximum absolute atomic E-state index is 11.7. The van der Waals surface area contributed by atoms with E-state index in [1.165, 1.54) is 4.57 Å². The lowest BCUT2D eigenvalue weighted by atomic mass is 10.3. The summed E-state index contributed by atoms with van der Waals surface area (Å²) in [5.74, 6) is 0.688. The number of aromatic amines is 1. The molecule has 2 rings (SSSR count). The molecule has 6 nitrogen and oxygen atoms in total. The first-order valence-corrected chi connectivity index (χ1v) is 7.61. The molecule has 0 radical (unpaired) electrons. The minimum Gasteiger partial charge on any atom is -0.491 e. The molecule has 8 heteroatoms. The van der Waals surface area contributed by atoms with Crippen molar-refractivity contribution in [3.63, 3.8) is 0 Å². The van der Waals surface area contributed by atoms with Crippen molar-refractivity contribution in [2.45, 2.75) is 13.7 Å². The van der Waals surface area contributed by atoms with E-state index >= 15 is 0 Å². The minimum atomic E-state index is -0.510. The number of hydrogen-bond donors (Lipinski definition) is 1. The zero-order valence-electron chi connectivity index (χ0n) is 11.8. The number of halogens is 2. The summed E-state index contributed by atoms with van der Waals surface area (Å²) in [6.07, 6.45) is 0. The van der Waals surface area contributed by atoms with Crippen LogP contribution in [-0.2, 0) is 11.5 Å². The van der Waals surface area contributed by atoms with E-state index in [2.05, 4.69) is 20.9 Å². The van der Waals surface area contributed by atoms with Crippen LogP contribution in [0.4, 0.5) is 0 Å². The molecule has 0 fully saturated rings. The Labute approximate surface area is 139 Å². The average Bonchev–Trinajstić information content (AvgIpc) is 2.49. The molecule has 0 spiro atoms. The van der Waals surface area contributed by atoms with Crippen LogP contribution in [0.2, 0.25) is 5.02 Å². The fourth-order valence-electron chi connectivity index (χ4n) is 1.72. The lowest BCUT2D eigenvalue weighted by Crippen LogP contribution is -2.33. The minimum absolute atomic E-state index is 0.0318. The summed E-state index contributed by atoms with van der Waals surface area (Å²) in [7, 11) is 0. The first-order chi connectivity index (χ1) is 10.5. The molecule has 0 aliphatic rings. The fourth-order valence-corrected chi connectivity index (χ4v) is 2.15. The molecule has 1 N–H and O–H groups in total. The first kappa shape index (κ1) is 16.8. The van der Waals surface area contributed by atoms with Crippen LogP contribution in [0.15, 0.2) is 38.3 Å². The Hall–Kier alpha value is -1.57. The standard InChI is InChI=1S/C14H14BrClN2O4/c1-9-12(15)13(19)17-14(20)18(9)8-21-6-7-22-11-4-2-10(16)3-5-11/h2-5H,6-8H2,1H3,(H,17,19,20). The van der Waals surface area contributed by atoms with E-state index in [0.29, 0.717) is 34.2 Å². The molecule has 0 saturated carbocycles. The quantitative estimate of drug-likeness (QED) is 0.770. The van der Waals surface area contributed by atoms with Gasteiger partial charge in [-0.05, 0) is 47.1 Å². The topological polar surface area (TPSA) is 73.3 Å². The van der Waals surface area contributed by atoms with Crippen molar-refractivity contribution < 1.29 is 9.47 Å². The van der Waals surface area contributed by atoms with E-state index in [1.54, 1.807) is 31.2 Å². The van der Waals surface area contributed by atoms with Crippen LogP contribution in [0, 0.1) is 6.92 Å². The summed E-state index contributed by atoms with van der Waals surface area (Å²) in [4.78, 5) is 25.3. The van der Waals surface area contributed by atoms with Gasteiger partial charge in [0.05, 0.1) is 6.61 Å². The number of H-pyrrole nitrogens is 1. The Morgan fingerprint density at radius 2 is 1.91 bits per heavy atom. The van der Waals surface area contributed by atoms with Gasteiger partial charge in [0.1, 0.15) is 23.6 Å². The van der Waals surface area contributed by atoms with Crippen LogP contribution < -0.4 is 16.0 Å². The van der Waals surface area contributed by atoms with Crippen molar-refractivity contribution in [3.05, 3.63) is 60.3 Å². The van der Waals surface area contributed by atoms with Gasteiger partial charge >= 0.3 is 5.69 Å². The molecule has 1 aromatic heterocycles. The predicted molar refractivity (Wildman–Crippen MR) is 86.7 cm³/mol. The van der Waals surface area contributed by atoms with Crippen molar-refractivity contribution in [1.29, 1.82) is 0 Å². The third-order valence-corrected chi connectivity index (χ3v) is 4.10. The van der Waals surface area contributed by atoms with E-state index in [9.17, 15) is 9.59 Å². The van der Waals surface area contributed by atoms with Gasteiger partial charge in [-0.15, -0.1) is 0 Å². The van der Waals surface area contributed by atoms with Gasteiger partial charge in [-0.25, -0.2) is 4.79 Å². The van der Waals surface area contributed by atoms with Crippen LogP contribution in [0.3, 0.4) is 0 Å². The third kappa shape index (κ3) is 4.22. The van der Waals surface area contributed by atoms with Crippen LogP contribution >= 0.6 is 27.5 Å². The number of ether oxygens (including phenoxy) is 2. The summed E-state index contributed by atoms with van der Waals surface area (Å²) in [5.41, 5.74) is -0.457. The summed E-state index contributed by atoms with van der Waals surface area (Å²) in [6.45, 7) is 2.32. The van der Waals surface area contributed by atoms with Crippen LogP contribution in [0.25, 0.3) is 0 Å². The zero-order valence-corrected chi connectivity index (χ0v) is 14.1. The fraction of sp³-hybridized carbons (Fsp3) is 0.286. The normalized spacial score (nSPS) is 10.7. The predicted octanol–water partition coefficient (Wildman–Crippen LogP) is 2.31. The van der Waals surface area contributed by atoms with Gasteiger partial charge < -0.3 is 9.47 Å². The molecule has 0 aliphatic heterocycles. The second-order valence-corrected chi connectivity index (χ2v) is 5.66. The lowest BCUT2D eigenvalue weighted by Gasteiger charge is -2.11. The van der Waals surface area contributed by atoms with Crippen LogP contribution in [0.5, 0.6) is 5.75 Å². The molecule has 0 unspecified atom stereocenters. The molecule has 0 bridgehead atoms. The number of nitrogens with zero attached hydrogens (tertiary/aromatic N) is 1. The molecule has 0 amide bonds. The average molecular weight is 390 g/mol. The van der Waals surface area contributed by atoms with Gasteiger partial charge in [0.2, 0.25) is 0 Å². The van der Waals surface area contributed by atoms with Crippen molar-refractivity contribution in [2.75, 3.05) is 13.2 Å². The summed E-state index contributed by atoms with van der Waals surface area (Å²) in [6, 6.07) is 6.99. The molecular formula is C14H14BrClN2O4. The molecule has 1 heterocycles. The van der Waals surface area contributed by atoms with E-state index in [0.717, 1.165) is 0 Å². The third-order valence-electron chi connectivity index (χ3n) is 2.92. The lowest BCUT2D eigenvalue weighted by molar-refractivity contribution is 0.0500. The zero-order chi connectivity index (χ0) is 16.1. The van der Waals surface area contributed by atoms with E-state index < -0.39 is 11.2 Å². The Morgan fingerprint density at radius 1 is 1.23 bits per heavy atom. The molecule has 22 heavy (non-hydrogen) atoms. The summed E-state index contributed by atoms with van der Waals surface area (Å²) < 4.78 is 12.5. The summed E-state index contributed by atoms with van der Waals surface area (Å²) in [5, 5.41) is 0.641. The molecule has 0 aliphatic carbocycles. The smallest absolute Gasteiger partial charge is 0.330 e. The highest BCUT2D eigenvalue weighted by atomic mass is 79.9. The number of rotatable bonds is 6. The Bertz CT molecular complexity index is 755. The van der Waals surface area contributed by atoms with Gasteiger partial charge in [0, 0.05) is 10.7 Å². The van der Waals surface area contributed by atoms with Crippen LogP contribution in [-0.4, -0.2) is 22.8 Å². The highest BCUT2D eigenvalue weighted by Crippen LogP contribution is 2.15. The highest BCUT2D eigenvalue weighted by molar-refractivity contribution is 9.10. The van der Waals surface area contributed by atoms with Crippen molar-refractivity contribution in [1.82, 2.24) is 9.55 Å². The van der Waals surface area contributed by atoms with E-state index in [-0.39, 0.29) is 6.73 Å². The Balaban J connectivity index is 1.85. The number of nitrogens with one attached hydrogen (secondary N) is 1. The number of benzene rings is 1. The highest BCUT2D eigenvalue weighted by Gasteiger charge is 2.08. The van der Waals surface area contributed by atoms with Gasteiger partial charge in [0.25, 0.3) is 5.56 Å². The molecule has 2 aromatic rings. The largest absolute Gasteiger partial charge is 0.491 e. The van der Waals surface area contributed by atoms with Crippen molar-refractivity contribution in [3.8, 4) is 5.75 Å². The SMILES string of the molecule is Cc1c(Br)c(=O)[nH]c(=O)n1COCCOc1ccc(Cl)cc1. The van der Waals surface area contributed by atoms with Gasteiger partial charge in [-0.3, -0.25) is 14.3 Å². The molecular weight excluding hydrogens is 376 g/mol. The molecule has 0 atom stereocenters. The second-order valence-electron chi connectivity index (χ2n) is 4.43. The van der Waals surface area contributed by atoms with Crippen molar-refractivity contribution in [2.24, 2.45) is 0 Å². The second kappa shape index (κ2) is 7.62. The maximum atomic E-state index is 11.7. The van der Waals surface area contributed by atoms with E-state index in [1.807, 2.05) is 0 Å². The maximum Gasteiger partial charge on any atom is 0.330 e. The van der Waals surface area contributed by atoms with Crippen molar-refractivity contribution >= 4 is 27.5 Å². The molecule has 1 aromatic carbocycles. The molecule has 0 saturated heterocycles. The monoisotopic (exact) mass is 388 g/mol. The number of hydrogen-bond acceptors (Lipinski definition) is 4.